The highest BCUT2D eigenvalue weighted by molar-refractivity contribution is 6.06. The third-order valence-electron chi connectivity index (χ3n) is 4.46. The number of rotatable bonds is 3. The molecule has 1 aromatic carbocycles. The summed E-state index contributed by atoms with van der Waals surface area (Å²) in [5, 5.41) is 0. The van der Waals surface area contributed by atoms with Crippen LogP contribution in [0.15, 0.2) is 36.5 Å². The van der Waals surface area contributed by atoms with Crippen molar-refractivity contribution in [2.75, 3.05) is 4.90 Å². The molecule has 1 heterocycles. The average molecular weight is 330 g/mol. The lowest BCUT2D eigenvalue weighted by Crippen LogP contribution is -2.42. The summed E-state index contributed by atoms with van der Waals surface area (Å²) in [4.78, 5) is 18.9. The first-order valence-electron chi connectivity index (χ1n) is 8.27. The number of aromatic nitrogens is 1. The molecule has 0 unspecified atom stereocenters. The number of hydrogen-bond donors (Lipinski definition) is 0. The van der Waals surface area contributed by atoms with E-state index < -0.39 is 17.5 Å². The Labute approximate surface area is 140 Å². The van der Waals surface area contributed by atoms with E-state index >= 15 is 0 Å². The fourth-order valence-electron chi connectivity index (χ4n) is 3.19. The van der Waals surface area contributed by atoms with Crippen LogP contribution in [0, 0.1) is 18.6 Å². The molecule has 0 atom stereocenters. The molecule has 3 rings (SSSR count). The second kappa shape index (κ2) is 7.07. The van der Waals surface area contributed by atoms with Crippen molar-refractivity contribution in [3.05, 3.63) is 59.3 Å². The topological polar surface area (TPSA) is 33.2 Å². The summed E-state index contributed by atoms with van der Waals surface area (Å²) in [5.41, 5.74) is 0.731. The molecule has 0 N–H and O–H groups in total. The molecule has 126 valence electrons. The molecule has 0 spiro atoms. The molecule has 0 radical (unpaired) electrons. The van der Waals surface area contributed by atoms with Gasteiger partial charge in [0, 0.05) is 12.2 Å². The number of pyridine rings is 1. The maximum Gasteiger partial charge on any atom is 0.262 e. The standard InChI is InChI=1S/C19H20F2N2O/c1-13-7-10-18(22-12-13)23(15-5-3-2-4-6-15)19(24)16-11-14(20)8-9-17(16)21/h7-12,15H,2-6H2,1H3. The van der Waals surface area contributed by atoms with Gasteiger partial charge in [0.2, 0.25) is 0 Å². The van der Waals surface area contributed by atoms with Gasteiger partial charge in [0.15, 0.2) is 0 Å². The lowest BCUT2D eigenvalue weighted by Gasteiger charge is -2.33. The quantitative estimate of drug-likeness (QED) is 0.821. The minimum Gasteiger partial charge on any atom is -0.289 e. The Balaban J connectivity index is 2.01. The highest BCUT2D eigenvalue weighted by atomic mass is 19.1. The van der Waals surface area contributed by atoms with Crippen LogP contribution >= 0.6 is 0 Å². The van der Waals surface area contributed by atoms with E-state index in [4.69, 9.17) is 0 Å². The summed E-state index contributed by atoms with van der Waals surface area (Å²) < 4.78 is 27.6. The normalized spacial score (nSPS) is 15.3. The van der Waals surface area contributed by atoms with E-state index in [0.29, 0.717) is 5.82 Å². The summed E-state index contributed by atoms with van der Waals surface area (Å²) in [7, 11) is 0. The molecule has 2 aromatic rings. The van der Waals surface area contributed by atoms with Gasteiger partial charge in [-0.05, 0) is 49.6 Å². The Morgan fingerprint density at radius 1 is 1.12 bits per heavy atom. The predicted octanol–water partition coefficient (Wildman–Crippen LogP) is 4.65. The van der Waals surface area contributed by atoms with Crippen LogP contribution in [0.1, 0.15) is 48.0 Å². The van der Waals surface area contributed by atoms with Crippen molar-refractivity contribution < 1.29 is 13.6 Å². The second-order valence-electron chi connectivity index (χ2n) is 6.28. The third kappa shape index (κ3) is 3.45. The van der Waals surface area contributed by atoms with E-state index in [1.807, 2.05) is 13.0 Å². The van der Waals surface area contributed by atoms with E-state index in [-0.39, 0.29) is 11.6 Å². The largest absolute Gasteiger partial charge is 0.289 e. The molecule has 1 aliphatic carbocycles. The molecule has 0 aliphatic heterocycles. The van der Waals surface area contributed by atoms with Crippen LogP contribution in [0.3, 0.4) is 0 Å². The van der Waals surface area contributed by atoms with Crippen LogP contribution in [0.2, 0.25) is 0 Å². The van der Waals surface area contributed by atoms with Crippen molar-refractivity contribution >= 4 is 11.7 Å². The lowest BCUT2D eigenvalue weighted by molar-refractivity contribution is 0.0965. The van der Waals surface area contributed by atoms with Gasteiger partial charge in [0.25, 0.3) is 5.91 Å². The summed E-state index contributed by atoms with van der Waals surface area (Å²) in [5.74, 6) is -1.38. The van der Waals surface area contributed by atoms with Crippen molar-refractivity contribution in [2.45, 2.75) is 45.1 Å². The average Bonchev–Trinajstić information content (AvgIpc) is 2.60. The summed E-state index contributed by atoms with van der Waals surface area (Å²) in [6.45, 7) is 1.91. The Bertz CT molecular complexity index is 725. The van der Waals surface area contributed by atoms with Gasteiger partial charge in [-0.25, -0.2) is 13.8 Å². The first kappa shape index (κ1) is 16.6. The molecular weight excluding hydrogens is 310 g/mol. The van der Waals surface area contributed by atoms with Crippen LogP contribution in [0.4, 0.5) is 14.6 Å². The molecule has 1 aromatic heterocycles. The van der Waals surface area contributed by atoms with Gasteiger partial charge in [0.1, 0.15) is 17.5 Å². The summed E-state index contributed by atoms with van der Waals surface area (Å²) >= 11 is 0. The number of carbonyl (C=O) groups excluding carboxylic acids is 1. The van der Waals surface area contributed by atoms with Crippen LogP contribution in [0.25, 0.3) is 0 Å². The monoisotopic (exact) mass is 330 g/mol. The number of hydrogen-bond acceptors (Lipinski definition) is 2. The van der Waals surface area contributed by atoms with Gasteiger partial charge in [-0.3, -0.25) is 9.69 Å². The van der Waals surface area contributed by atoms with Crippen LogP contribution in [-0.4, -0.2) is 16.9 Å². The van der Waals surface area contributed by atoms with Crippen molar-refractivity contribution in [1.29, 1.82) is 0 Å². The number of benzene rings is 1. The highest BCUT2D eigenvalue weighted by Gasteiger charge is 2.30. The Morgan fingerprint density at radius 3 is 2.54 bits per heavy atom. The first-order chi connectivity index (χ1) is 11.6. The number of aryl methyl sites for hydroxylation is 1. The molecule has 1 saturated carbocycles. The summed E-state index contributed by atoms with van der Waals surface area (Å²) in [6.07, 6.45) is 6.54. The number of halogens is 2. The van der Waals surface area contributed by atoms with Gasteiger partial charge in [-0.1, -0.05) is 25.3 Å². The molecule has 0 bridgehead atoms. The summed E-state index contributed by atoms with van der Waals surface area (Å²) in [6, 6.07) is 6.56. The fraction of sp³-hybridized carbons (Fsp3) is 0.368. The zero-order valence-corrected chi connectivity index (χ0v) is 13.6. The Morgan fingerprint density at radius 2 is 1.88 bits per heavy atom. The smallest absolute Gasteiger partial charge is 0.262 e. The highest BCUT2D eigenvalue weighted by Crippen LogP contribution is 2.28. The van der Waals surface area contributed by atoms with Gasteiger partial charge in [-0.2, -0.15) is 0 Å². The van der Waals surface area contributed by atoms with Crippen molar-refractivity contribution in [3.8, 4) is 0 Å². The van der Waals surface area contributed by atoms with E-state index in [1.54, 1.807) is 12.3 Å². The molecule has 1 fully saturated rings. The van der Waals surface area contributed by atoms with Crippen LogP contribution < -0.4 is 4.90 Å². The predicted molar refractivity (Wildman–Crippen MR) is 89.0 cm³/mol. The second-order valence-corrected chi connectivity index (χ2v) is 6.28. The molecule has 24 heavy (non-hydrogen) atoms. The first-order valence-corrected chi connectivity index (χ1v) is 8.27. The third-order valence-corrected chi connectivity index (χ3v) is 4.46. The minimum absolute atomic E-state index is 0.0378. The van der Waals surface area contributed by atoms with Gasteiger partial charge in [-0.15, -0.1) is 0 Å². The SMILES string of the molecule is Cc1ccc(N(C(=O)c2cc(F)ccc2F)C2CCCCC2)nc1. The molecule has 3 nitrogen and oxygen atoms in total. The lowest BCUT2D eigenvalue weighted by atomic mass is 9.93. The zero-order valence-electron chi connectivity index (χ0n) is 13.6. The van der Waals surface area contributed by atoms with Crippen molar-refractivity contribution in [3.63, 3.8) is 0 Å². The van der Waals surface area contributed by atoms with E-state index in [2.05, 4.69) is 4.98 Å². The van der Waals surface area contributed by atoms with Crippen LogP contribution in [-0.2, 0) is 0 Å². The maximum atomic E-state index is 14.1. The Kier molecular flexibility index (Phi) is 4.88. The minimum atomic E-state index is -0.714. The van der Waals surface area contributed by atoms with E-state index in [1.165, 1.54) is 4.90 Å². The van der Waals surface area contributed by atoms with E-state index in [9.17, 15) is 13.6 Å². The molecule has 1 aliphatic rings. The van der Waals surface area contributed by atoms with Crippen molar-refractivity contribution in [2.24, 2.45) is 0 Å². The van der Waals surface area contributed by atoms with Gasteiger partial charge < -0.3 is 0 Å². The van der Waals surface area contributed by atoms with Gasteiger partial charge in [0.05, 0.1) is 5.56 Å². The number of amides is 1. The number of anilines is 1. The van der Waals surface area contributed by atoms with E-state index in [0.717, 1.165) is 55.9 Å². The molecule has 1 amide bonds. The Hall–Kier alpha value is -2.30. The van der Waals surface area contributed by atoms with Gasteiger partial charge >= 0.3 is 0 Å². The van der Waals surface area contributed by atoms with Crippen molar-refractivity contribution in [1.82, 2.24) is 4.98 Å². The molecular formula is C19H20F2N2O. The zero-order chi connectivity index (χ0) is 17.1. The fourth-order valence-corrected chi connectivity index (χ4v) is 3.19. The number of nitrogens with zero attached hydrogens (tertiary/aromatic N) is 2. The molecule has 0 saturated heterocycles. The van der Waals surface area contributed by atoms with Crippen LogP contribution in [0.5, 0.6) is 0 Å². The maximum absolute atomic E-state index is 14.1. The molecule has 5 heteroatoms. The number of carbonyl (C=O) groups is 1.